The van der Waals surface area contributed by atoms with Crippen molar-refractivity contribution in [2.24, 2.45) is 0 Å². The van der Waals surface area contributed by atoms with Gasteiger partial charge >= 0.3 is 6.09 Å². The molecule has 0 bridgehead atoms. The van der Waals surface area contributed by atoms with E-state index in [4.69, 9.17) is 4.74 Å². The maximum absolute atomic E-state index is 11.4. The van der Waals surface area contributed by atoms with Gasteiger partial charge in [-0.2, -0.15) is 0 Å². The normalized spacial score (nSPS) is 11.1. The first-order valence-electron chi connectivity index (χ1n) is 8.45. The monoisotopic (exact) mass is 322 g/mol. The lowest BCUT2D eigenvalue weighted by molar-refractivity contribution is 0.0527. The van der Waals surface area contributed by atoms with Gasteiger partial charge in [-0.1, -0.05) is 25.7 Å². The summed E-state index contributed by atoms with van der Waals surface area (Å²) in [5.74, 6) is 0.695. The van der Waals surface area contributed by atoms with E-state index in [1.807, 2.05) is 26.8 Å². The Morgan fingerprint density at radius 2 is 1.57 bits per heavy atom. The van der Waals surface area contributed by atoms with E-state index in [9.17, 15) is 4.79 Å². The zero-order valence-corrected chi connectivity index (χ0v) is 14.6. The lowest BCUT2D eigenvalue weighted by Gasteiger charge is -2.19. The molecule has 1 aromatic heterocycles. The minimum atomic E-state index is -0.428. The molecule has 0 radical (unpaired) electrons. The molecule has 0 aliphatic heterocycles. The van der Waals surface area contributed by atoms with Crippen LogP contribution in [0.25, 0.3) is 0 Å². The summed E-state index contributed by atoms with van der Waals surface area (Å²) < 4.78 is 5.18. The van der Waals surface area contributed by atoms with Crippen molar-refractivity contribution in [1.82, 2.24) is 15.3 Å². The van der Waals surface area contributed by atoms with E-state index >= 15 is 0 Å². The Morgan fingerprint density at radius 1 is 1.00 bits per heavy atom. The molecule has 2 N–H and O–H groups in total. The first-order chi connectivity index (χ1) is 11.0. The summed E-state index contributed by atoms with van der Waals surface area (Å²) in [6.45, 7) is 7.19. The Balaban J connectivity index is 1.86. The lowest BCUT2D eigenvalue weighted by atomic mass is 10.1. The molecule has 0 saturated carbocycles. The van der Waals surface area contributed by atoms with Crippen molar-refractivity contribution in [3.63, 3.8) is 0 Å². The van der Waals surface area contributed by atoms with Gasteiger partial charge in [0.1, 0.15) is 5.60 Å². The number of nitrogens with one attached hydrogen (secondary N) is 2. The van der Waals surface area contributed by atoms with Crippen LogP contribution in [0.2, 0.25) is 0 Å². The number of rotatable bonds is 10. The molecular weight excluding hydrogens is 292 g/mol. The fourth-order valence-electron chi connectivity index (χ4n) is 2.05. The molecule has 0 atom stereocenters. The van der Waals surface area contributed by atoms with Gasteiger partial charge in [0.15, 0.2) is 0 Å². The van der Waals surface area contributed by atoms with Gasteiger partial charge < -0.3 is 15.4 Å². The van der Waals surface area contributed by atoms with Gasteiger partial charge in [0, 0.05) is 25.5 Å². The number of hydrogen-bond acceptors (Lipinski definition) is 5. The van der Waals surface area contributed by atoms with Gasteiger partial charge in [0.05, 0.1) is 0 Å². The number of alkyl carbamates (subject to hydrolysis) is 1. The van der Waals surface area contributed by atoms with Crippen molar-refractivity contribution in [2.75, 3.05) is 18.4 Å². The van der Waals surface area contributed by atoms with E-state index in [-0.39, 0.29) is 6.09 Å². The van der Waals surface area contributed by atoms with Crippen molar-refractivity contribution < 1.29 is 9.53 Å². The molecular formula is C17H30N4O2. The minimum Gasteiger partial charge on any atom is -0.444 e. The molecule has 6 heteroatoms. The number of carbonyl (C=O) groups is 1. The second-order valence-corrected chi connectivity index (χ2v) is 6.55. The van der Waals surface area contributed by atoms with Crippen LogP contribution >= 0.6 is 0 Å². The zero-order chi connectivity index (χ0) is 17.0. The second kappa shape index (κ2) is 10.8. The number of hydrogen-bond donors (Lipinski definition) is 2. The van der Waals surface area contributed by atoms with E-state index in [0.717, 1.165) is 25.8 Å². The third-order valence-corrected chi connectivity index (χ3v) is 3.12. The summed E-state index contributed by atoms with van der Waals surface area (Å²) in [7, 11) is 0. The van der Waals surface area contributed by atoms with Gasteiger partial charge in [0.25, 0.3) is 0 Å². The van der Waals surface area contributed by atoms with E-state index in [1.54, 1.807) is 12.4 Å². The van der Waals surface area contributed by atoms with Crippen LogP contribution in [-0.2, 0) is 4.74 Å². The molecule has 0 aliphatic carbocycles. The third kappa shape index (κ3) is 11.4. The van der Waals surface area contributed by atoms with Crippen molar-refractivity contribution in [3.8, 4) is 0 Å². The summed E-state index contributed by atoms with van der Waals surface area (Å²) in [4.78, 5) is 19.7. The summed E-state index contributed by atoms with van der Waals surface area (Å²) in [5.41, 5.74) is -0.428. The second-order valence-electron chi connectivity index (χ2n) is 6.55. The van der Waals surface area contributed by atoms with Crippen LogP contribution in [0.15, 0.2) is 18.5 Å². The van der Waals surface area contributed by atoms with E-state index in [2.05, 4.69) is 20.6 Å². The van der Waals surface area contributed by atoms with Crippen molar-refractivity contribution >= 4 is 12.0 Å². The van der Waals surface area contributed by atoms with Crippen LogP contribution in [0.1, 0.15) is 59.3 Å². The molecule has 6 nitrogen and oxygen atoms in total. The van der Waals surface area contributed by atoms with Gasteiger partial charge in [-0.15, -0.1) is 0 Å². The van der Waals surface area contributed by atoms with Crippen LogP contribution in [0, 0.1) is 0 Å². The summed E-state index contributed by atoms with van der Waals surface area (Å²) in [6.07, 6.45) is 9.99. The minimum absolute atomic E-state index is 0.327. The molecule has 0 fully saturated rings. The van der Waals surface area contributed by atoms with Crippen LogP contribution in [0.4, 0.5) is 10.7 Å². The molecule has 1 aromatic rings. The Kier molecular flexibility index (Phi) is 9.02. The smallest absolute Gasteiger partial charge is 0.407 e. The van der Waals surface area contributed by atoms with Gasteiger partial charge in [0.2, 0.25) is 5.95 Å². The average molecular weight is 322 g/mol. The maximum atomic E-state index is 11.4. The Labute approximate surface area is 139 Å². The lowest BCUT2D eigenvalue weighted by Crippen LogP contribution is -2.32. The highest BCUT2D eigenvalue weighted by atomic mass is 16.6. The van der Waals surface area contributed by atoms with E-state index in [0.29, 0.717) is 12.5 Å². The first kappa shape index (κ1) is 19.2. The molecule has 1 amide bonds. The average Bonchev–Trinajstić information content (AvgIpc) is 2.48. The third-order valence-electron chi connectivity index (χ3n) is 3.12. The fourth-order valence-corrected chi connectivity index (χ4v) is 2.05. The fraction of sp³-hybridized carbons (Fsp3) is 0.706. The molecule has 23 heavy (non-hydrogen) atoms. The molecule has 1 rings (SSSR count). The number of carbonyl (C=O) groups excluding carboxylic acids is 1. The van der Waals surface area contributed by atoms with E-state index < -0.39 is 5.60 Å². The summed E-state index contributed by atoms with van der Waals surface area (Å²) in [6, 6.07) is 1.81. The number of aromatic nitrogens is 2. The number of ether oxygens (including phenoxy) is 1. The number of amides is 1. The molecule has 0 saturated heterocycles. The van der Waals surface area contributed by atoms with Crippen LogP contribution in [0.5, 0.6) is 0 Å². The first-order valence-corrected chi connectivity index (χ1v) is 8.45. The quantitative estimate of drug-likeness (QED) is 0.642. The molecule has 0 spiro atoms. The van der Waals surface area contributed by atoms with Crippen molar-refractivity contribution in [2.45, 2.75) is 64.9 Å². The maximum Gasteiger partial charge on any atom is 0.407 e. The largest absolute Gasteiger partial charge is 0.444 e. The van der Waals surface area contributed by atoms with Gasteiger partial charge in [-0.25, -0.2) is 14.8 Å². The summed E-state index contributed by atoms with van der Waals surface area (Å²) >= 11 is 0. The van der Waals surface area contributed by atoms with Gasteiger partial charge in [-0.05, 0) is 39.7 Å². The Bertz CT molecular complexity index is 432. The zero-order valence-electron chi connectivity index (χ0n) is 14.6. The molecule has 0 aromatic carbocycles. The van der Waals surface area contributed by atoms with Crippen LogP contribution < -0.4 is 10.6 Å². The van der Waals surface area contributed by atoms with Crippen LogP contribution in [-0.4, -0.2) is 34.8 Å². The molecule has 130 valence electrons. The molecule has 1 heterocycles. The summed E-state index contributed by atoms with van der Waals surface area (Å²) in [5, 5.41) is 5.99. The number of nitrogens with zero attached hydrogens (tertiary/aromatic N) is 2. The van der Waals surface area contributed by atoms with Crippen molar-refractivity contribution in [1.29, 1.82) is 0 Å². The van der Waals surface area contributed by atoms with Gasteiger partial charge in [-0.3, -0.25) is 0 Å². The Morgan fingerprint density at radius 3 is 2.17 bits per heavy atom. The topological polar surface area (TPSA) is 76.1 Å². The molecule has 0 unspecified atom stereocenters. The molecule has 0 aliphatic rings. The predicted molar refractivity (Wildman–Crippen MR) is 92.5 cm³/mol. The predicted octanol–water partition coefficient (Wildman–Crippen LogP) is 3.75. The number of unbranched alkanes of at least 4 members (excludes halogenated alkanes) is 5. The Hall–Kier alpha value is -1.85. The highest BCUT2D eigenvalue weighted by molar-refractivity contribution is 5.67. The number of anilines is 1. The highest BCUT2D eigenvalue weighted by Crippen LogP contribution is 2.07. The van der Waals surface area contributed by atoms with Crippen molar-refractivity contribution in [3.05, 3.63) is 18.5 Å². The standard InChI is InChI=1S/C17H30N4O2/c1-17(2,3)23-16(22)21-12-9-7-5-4-6-8-11-18-15-19-13-10-14-20-15/h10,13-14H,4-9,11-12H2,1-3H3,(H,21,22)(H,18,19,20). The van der Waals surface area contributed by atoms with Crippen LogP contribution in [0.3, 0.4) is 0 Å². The highest BCUT2D eigenvalue weighted by Gasteiger charge is 2.15. The van der Waals surface area contributed by atoms with E-state index in [1.165, 1.54) is 19.3 Å². The SMILES string of the molecule is CC(C)(C)OC(=O)NCCCCCCCCNc1ncccn1.